The molecule has 1 atom stereocenters. The minimum absolute atomic E-state index is 0.593. The van der Waals surface area contributed by atoms with Crippen LogP contribution >= 0.6 is 23.4 Å². The van der Waals surface area contributed by atoms with E-state index in [-0.39, 0.29) is 0 Å². The van der Waals surface area contributed by atoms with Crippen molar-refractivity contribution in [1.29, 1.82) is 0 Å². The second-order valence-corrected chi connectivity index (χ2v) is 5.07. The molecule has 2 rings (SSSR count). The molecule has 1 aliphatic rings. The third-order valence-corrected chi connectivity index (χ3v) is 3.66. The zero-order valence-electron chi connectivity index (χ0n) is 8.45. The average molecular weight is 244 g/mol. The van der Waals surface area contributed by atoms with Gasteiger partial charge < -0.3 is 5.32 Å². The Morgan fingerprint density at radius 3 is 2.87 bits per heavy atom. The number of hydrogen-bond acceptors (Lipinski definition) is 4. The number of piperidine rings is 1. The molecule has 1 fully saturated rings. The lowest BCUT2D eigenvalue weighted by Crippen LogP contribution is -2.35. The maximum absolute atomic E-state index is 5.71. The van der Waals surface area contributed by atoms with Crippen LogP contribution in [0.2, 0.25) is 5.02 Å². The predicted molar refractivity (Wildman–Crippen MR) is 63.4 cm³/mol. The predicted octanol–water partition coefficient (Wildman–Crippen LogP) is 2.36. The highest BCUT2D eigenvalue weighted by molar-refractivity contribution is 7.99. The van der Waals surface area contributed by atoms with E-state index in [2.05, 4.69) is 15.3 Å². The summed E-state index contributed by atoms with van der Waals surface area (Å²) in [5.41, 5.74) is 0. The standard InChI is InChI=1S/C10H14ClN3S/c11-8-5-13-10(14-6-8)15-7-9-3-1-2-4-12-9/h5-6,9,12H,1-4,7H2/t9-/m1/s1. The second kappa shape index (κ2) is 5.68. The number of thioether (sulfide) groups is 1. The van der Waals surface area contributed by atoms with Crippen molar-refractivity contribution in [3.8, 4) is 0 Å². The normalized spacial score (nSPS) is 21.5. The van der Waals surface area contributed by atoms with Gasteiger partial charge in [0.15, 0.2) is 5.16 Å². The van der Waals surface area contributed by atoms with Crippen molar-refractivity contribution in [3.63, 3.8) is 0 Å². The Morgan fingerprint density at radius 1 is 1.40 bits per heavy atom. The average Bonchev–Trinajstić information content (AvgIpc) is 2.30. The smallest absolute Gasteiger partial charge is 0.187 e. The van der Waals surface area contributed by atoms with Crippen molar-refractivity contribution in [2.45, 2.75) is 30.5 Å². The maximum atomic E-state index is 5.71. The summed E-state index contributed by atoms with van der Waals surface area (Å²) in [7, 11) is 0. The third kappa shape index (κ3) is 3.63. The monoisotopic (exact) mass is 243 g/mol. The lowest BCUT2D eigenvalue weighted by Gasteiger charge is -2.22. The van der Waals surface area contributed by atoms with Gasteiger partial charge in [-0.15, -0.1) is 0 Å². The minimum atomic E-state index is 0.593. The van der Waals surface area contributed by atoms with Gasteiger partial charge >= 0.3 is 0 Å². The molecular formula is C10H14ClN3S. The van der Waals surface area contributed by atoms with Crippen molar-refractivity contribution < 1.29 is 0 Å². The van der Waals surface area contributed by atoms with Crippen molar-refractivity contribution in [3.05, 3.63) is 17.4 Å². The largest absolute Gasteiger partial charge is 0.313 e. The number of nitrogens with zero attached hydrogens (tertiary/aromatic N) is 2. The summed E-state index contributed by atoms with van der Waals surface area (Å²) in [6.45, 7) is 1.15. The van der Waals surface area contributed by atoms with Gasteiger partial charge in [-0.05, 0) is 19.4 Å². The Hall–Kier alpha value is -0.320. The highest BCUT2D eigenvalue weighted by Crippen LogP contribution is 2.18. The van der Waals surface area contributed by atoms with Crippen LogP contribution in [0.4, 0.5) is 0 Å². The lowest BCUT2D eigenvalue weighted by molar-refractivity contribution is 0.429. The van der Waals surface area contributed by atoms with E-state index in [1.165, 1.54) is 19.3 Å². The van der Waals surface area contributed by atoms with E-state index in [0.29, 0.717) is 11.1 Å². The van der Waals surface area contributed by atoms with Crippen molar-refractivity contribution in [1.82, 2.24) is 15.3 Å². The van der Waals surface area contributed by atoms with Crippen LogP contribution in [0.1, 0.15) is 19.3 Å². The molecule has 1 aliphatic heterocycles. The molecule has 0 aliphatic carbocycles. The fraction of sp³-hybridized carbons (Fsp3) is 0.600. The van der Waals surface area contributed by atoms with E-state index >= 15 is 0 Å². The molecule has 5 heteroatoms. The Bertz CT molecular complexity index is 298. The molecule has 0 spiro atoms. The minimum Gasteiger partial charge on any atom is -0.313 e. The molecule has 0 radical (unpaired) electrons. The van der Waals surface area contributed by atoms with E-state index in [1.54, 1.807) is 24.2 Å². The van der Waals surface area contributed by atoms with Crippen molar-refractivity contribution >= 4 is 23.4 Å². The molecule has 3 nitrogen and oxygen atoms in total. The van der Waals surface area contributed by atoms with E-state index in [0.717, 1.165) is 17.5 Å². The number of nitrogens with one attached hydrogen (secondary N) is 1. The van der Waals surface area contributed by atoms with Gasteiger partial charge in [0.25, 0.3) is 0 Å². The summed E-state index contributed by atoms with van der Waals surface area (Å²) in [4.78, 5) is 8.31. The van der Waals surface area contributed by atoms with Crippen LogP contribution in [-0.2, 0) is 0 Å². The number of halogens is 1. The maximum Gasteiger partial charge on any atom is 0.187 e. The quantitative estimate of drug-likeness (QED) is 0.654. The van der Waals surface area contributed by atoms with Crippen LogP contribution in [0, 0.1) is 0 Å². The van der Waals surface area contributed by atoms with E-state index in [1.807, 2.05) is 0 Å². The van der Waals surface area contributed by atoms with Gasteiger partial charge in [-0.1, -0.05) is 29.8 Å². The van der Waals surface area contributed by atoms with Crippen LogP contribution in [0.25, 0.3) is 0 Å². The molecule has 82 valence electrons. The first-order chi connectivity index (χ1) is 7.34. The highest BCUT2D eigenvalue weighted by Gasteiger charge is 2.12. The molecule has 0 saturated carbocycles. The van der Waals surface area contributed by atoms with E-state index in [4.69, 9.17) is 11.6 Å². The molecule has 1 N–H and O–H groups in total. The Balaban J connectivity index is 1.79. The molecule has 2 heterocycles. The van der Waals surface area contributed by atoms with Gasteiger partial charge in [-0.25, -0.2) is 9.97 Å². The number of hydrogen-bond donors (Lipinski definition) is 1. The van der Waals surface area contributed by atoms with Crippen LogP contribution in [0.15, 0.2) is 17.6 Å². The summed E-state index contributed by atoms with van der Waals surface area (Å²) in [5, 5.41) is 4.90. The fourth-order valence-corrected chi connectivity index (χ4v) is 2.60. The lowest BCUT2D eigenvalue weighted by atomic mass is 10.1. The Kier molecular flexibility index (Phi) is 4.23. The number of aromatic nitrogens is 2. The van der Waals surface area contributed by atoms with Crippen LogP contribution in [-0.4, -0.2) is 28.3 Å². The molecule has 0 unspecified atom stereocenters. The van der Waals surface area contributed by atoms with E-state index < -0.39 is 0 Å². The molecule has 1 aromatic rings. The van der Waals surface area contributed by atoms with Gasteiger partial charge in [-0.3, -0.25) is 0 Å². The molecule has 0 bridgehead atoms. The molecular weight excluding hydrogens is 230 g/mol. The Labute approximate surface area is 99.0 Å². The third-order valence-electron chi connectivity index (χ3n) is 2.42. The molecule has 0 aromatic carbocycles. The first kappa shape index (κ1) is 11.2. The van der Waals surface area contributed by atoms with Crippen molar-refractivity contribution in [2.24, 2.45) is 0 Å². The van der Waals surface area contributed by atoms with E-state index in [9.17, 15) is 0 Å². The first-order valence-corrected chi connectivity index (χ1v) is 6.55. The van der Waals surface area contributed by atoms with Crippen LogP contribution in [0.3, 0.4) is 0 Å². The highest BCUT2D eigenvalue weighted by atomic mass is 35.5. The van der Waals surface area contributed by atoms with Crippen LogP contribution < -0.4 is 5.32 Å². The van der Waals surface area contributed by atoms with Crippen LogP contribution in [0.5, 0.6) is 0 Å². The summed E-state index contributed by atoms with van der Waals surface area (Å²) in [5.74, 6) is 1.04. The van der Waals surface area contributed by atoms with Gasteiger partial charge in [0.1, 0.15) is 0 Å². The molecule has 0 amide bonds. The van der Waals surface area contributed by atoms with Crippen molar-refractivity contribution in [2.75, 3.05) is 12.3 Å². The fourth-order valence-electron chi connectivity index (χ4n) is 1.62. The summed E-state index contributed by atoms with van der Waals surface area (Å²) < 4.78 is 0. The molecule has 15 heavy (non-hydrogen) atoms. The topological polar surface area (TPSA) is 37.8 Å². The summed E-state index contributed by atoms with van der Waals surface area (Å²) in [6.07, 6.45) is 7.19. The number of rotatable bonds is 3. The molecule has 1 saturated heterocycles. The Morgan fingerprint density at radius 2 is 2.20 bits per heavy atom. The summed E-state index contributed by atoms with van der Waals surface area (Å²) in [6, 6.07) is 0.614. The van der Waals surface area contributed by atoms with Gasteiger partial charge in [0.2, 0.25) is 0 Å². The SMILES string of the molecule is Clc1cnc(SC[C@H]2CCCCN2)nc1. The molecule has 1 aromatic heterocycles. The zero-order chi connectivity index (χ0) is 10.5. The van der Waals surface area contributed by atoms with Gasteiger partial charge in [0.05, 0.1) is 17.4 Å². The second-order valence-electron chi connectivity index (χ2n) is 3.64. The first-order valence-electron chi connectivity index (χ1n) is 5.18. The van der Waals surface area contributed by atoms with Gasteiger partial charge in [-0.2, -0.15) is 0 Å². The van der Waals surface area contributed by atoms with Gasteiger partial charge in [0, 0.05) is 11.8 Å². The zero-order valence-corrected chi connectivity index (χ0v) is 10.0. The summed E-state index contributed by atoms with van der Waals surface area (Å²) >= 11 is 7.41.